The van der Waals surface area contributed by atoms with Crippen LogP contribution in [0.15, 0.2) is 40.9 Å². The normalized spacial score (nSPS) is 10.3. The standard InChI is InChI=1S/C11H8BrClOS/c12-8-1-3-9(4-2-8)14-7-10-5-6-11(13)15-10/h1-6H,7H2. The third-order valence-corrected chi connectivity index (χ3v) is 3.56. The molecule has 0 unspecified atom stereocenters. The fourth-order valence-corrected chi connectivity index (χ4v) is 2.38. The Labute approximate surface area is 106 Å². The van der Waals surface area contributed by atoms with Gasteiger partial charge in [0.15, 0.2) is 0 Å². The summed E-state index contributed by atoms with van der Waals surface area (Å²) < 4.78 is 7.44. The molecule has 4 heteroatoms. The first kappa shape index (κ1) is 11.0. The van der Waals surface area contributed by atoms with Crippen molar-refractivity contribution in [3.63, 3.8) is 0 Å². The minimum absolute atomic E-state index is 0.568. The first-order chi connectivity index (χ1) is 7.24. The van der Waals surface area contributed by atoms with Crippen LogP contribution in [0.5, 0.6) is 5.75 Å². The second kappa shape index (κ2) is 5.01. The molecule has 0 bridgehead atoms. The molecule has 0 atom stereocenters. The van der Waals surface area contributed by atoms with Crippen LogP contribution in [0.25, 0.3) is 0 Å². The summed E-state index contributed by atoms with van der Waals surface area (Å²) in [7, 11) is 0. The summed E-state index contributed by atoms with van der Waals surface area (Å²) >= 11 is 10.7. The van der Waals surface area contributed by atoms with Crippen molar-refractivity contribution in [1.29, 1.82) is 0 Å². The molecule has 0 aliphatic carbocycles. The van der Waals surface area contributed by atoms with E-state index in [0.29, 0.717) is 6.61 Å². The van der Waals surface area contributed by atoms with Gasteiger partial charge in [0.05, 0.1) is 4.34 Å². The maximum absolute atomic E-state index is 5.82. The SMILES string of the molecule is Clc1ccc(COc2ccc(Br)cc2)s1. The van der Waals surface area contributed by atoms with Crippen LogP contribution < -0.4 is 4.74 Å². The first-order valence-electron chi connectivity index (χ1n) is 4.36. The fourth-order valence-electron chi connectivity index (χ4n) is 1.11. The molecule has 15 heavy (non-hydrogen) atoms. The molecule has 1 nitrogen and oxygen atoms in total. The average Bonchev–Trinajstić information content (AvgIpc) is 2.64. The predicted octanol–water partition coefficient (Wildman–Crippen LogP) is 4.74. The van der Waals surface area contributed by atoms with Crippen molar-refractivity contribution >= 4 is 38.9 Å². The van der Waals surface area contributed by atoms with E-state index in [2.05, 4.69) is 15.9 Å². The quantitative estimate of drug-likeness (QED) is 0.795. The molecule has 0 saturated carbocycles. The Morgan fingerprint density at radius 1 is 1.13 bits per heavy atom. The molecule has 78 valence electrons. The van der Waals surface area contributed by atoms with Crippen LogP contribution in [0.4, 0.5) is 0 Å². The summed E-state index contributed by atoms with van der Waals surface area (Å²) in [6, 6.07) is 11.6. The Morgan fingerprint density at radius 2 is 1.87 bits per heavy atom. The lowest BCUT2D eigenvalue weighted by Crippen LogP contribution is -1.91. The maximum Gasteiger partial charge on any atom is 0.122 e. The van der Waals surface area contributed by atoms with Crippen molar-refractivity contribution in [1.82, 2.24) is 0 Å². The van der Waals surface area contributed by atoms with Gasteiger partial charge >= 0.3 is 0 Å². The van der Waals surface area contributed by atoms with Gasteiger partial charge in [0.2, 0.25) is 0 Å². The molecule has 1 heterocycles. The molecule has 0 aliphatic rings. The number of rotatable bonds is 3. The Morgan fingerprint density at radius 3 is 2.47 bits per heavy atom. The van der Waals surface area contributed by atoms with Crippen molar-refractivity contribution in [3.8, 4) is 5.75 Å². The van der Waals surface area contributed by atoms with Crippen LogP contribution >= 0.6 is 38.9 Å². The van der Waals surface area contributed by atoms with Gasteiger partial charge in [0, 0.05) is 9.35 Å². The van der Waals surface area contributed by atoms with E-state index < -0.39 is 0 Å². The van der Waals surface area contributed by atoms with Crippen LogP contribution in [0, 0.1) is 0 Å². The van der Waals surface area contributed by atoms with Gasteiger partial charge in [-0.1, -0.05) is 27.5 Å². The second-order valence-corrected chi connectivity index (χ2v) is 5.66. The highest BCUT2D eigenvalue weighted by Crippen LogP contribution is 2.23. The Bertz CT molecular complexity index is 438. The average molecular weight is 304 g/mol. The van der Waals surface area contributed by atoms with E-state index in [1.807, 2.05) is 36.4 Å². The predicted molar refractivity (Wildman–Crippen MR) is 67.8 cm³/mol. The van der Waals surface area contributed by atoms with Gasteiger partial charge in [0.1, 0.15) is 12.4 Å². The van der Waals surface area contributed by atoms with Crippen LogP contribution in [0.1, 0.15) is 4.88 Å². The summed E-state index contributed by atoms with van der Waals surface area (Å²) in [4.78, 5) is 1.13. The largest absolute Gasteiger partial charge is 0.488 e. The molecule has 0 radical (unpaired) electrons. The Kier molecular flexibility index (Phi) is 3.67. The van der Waals surface area contributed by atoms with E-state index in [1.54, 1.807) is 11.3 Å². The van der Waals surface area contributed by atoms with Crippen LogP contribution in [-0.4, -0.2) is 0 Å². The maximum atomic E-state index is 5.82. The van der Waals surface area contributed by atoms with Gasteiger partial charge < -0.3 is 4.74 Å². The number of benzene rings is 1. The van der Waals surface area contributed by atoms with E-state index in [9.17, 15) is 0 Å². The van der Waals surface area contributed by atoms with Gasteiger partial charge in [-0.3, -0.25) is 0 Å². The highest BCUT2D eigenvalue weighted by atomic mass is 79.9. The van der Waals surface area contributed by atoms with Crippen molar-refractivity contribution in [3.05, 3.63) is 50.1 Å². The van der Waals surface area contributed by atoms with Crippen molar-refractivity contribution < 1.29 is 4.74 Å². The third kappa shape index (κ3) is 3.23. The minimum Gasteiger partial charge on any atom is -0.488 e. The Hall–Kier alpha value is -0.510. The lowest BCUT2D eigenvalue weighted by atomic mass is 10.3. The third-order valence-electron chi connectivity index (χ3n) is 1.82. The van der Waals surface area contributed by atoms with Crippen molar-refractivity contribution in [2.75, 3.05) is 0 Å². The van der Waals surface area contributed by atoms with Crippen molar-refractivity contribution in [2.45, 2.75) is 6.61 Å². The molecule has 2 aromatic rings. The number of thiophene rings is 1. The summed E-state index contributed by atoms with van der Waals surface area (Å²) in [5, 5.41) is 0. The molecule has 1 aromatic heterocycles. The molecule has 1 aromatic carbocycles. The van der Waals surface area contributed by atoms with Gasteiger partial charge in [-0.05, 0) is 36.4 Å². The summed E-state index contributed by atoms with van der Waals surface area (Å²) in [6.45, 7) is 0.568. The zero-order valence-electron chi connectivity index (χ0n) is 7.74. The van der Waals surface area contributed by atoms with Crippen LogP contribution in [0.2, 0.25) is 4.34 Å². The molecule has 0 fully saturated rings. The zero-order valence-corrected chi connectivity index (χ0v) is 10.9. The number of ether oxygens (including phenoxy) is 1. The molecule has 0 amide bonds. The lowest BCUT2D eigenvalue weighted by Gasteiger charge is -2.03. The summed E-state index contributed by atoms with van der Waals surface area (Å²) in [5.41, 5.74) is 0. The highest BCUT2D eigenvalue weighted by Gasteiger charge is 1.99. The van der Waals surface area contributed by atoms with Gasteiger partial charge in [0.25, 0.3) is 0 Å². The Balaban J connectivity index is 1.96. The fraction of sp³-hybridized carbons (Fsp3) is 0.0909. The molecule has 0 spiro atoms. The minimum atomic E-state index is 0.568. The topological polar surface area (TPSA) is 9.23 Å². The lowest BCUT2D eigenvalue weighted by molar-refractivity contribution is 0.310. The van der Waals surface area contributed by atoms with E-state index >= 15 is 0 Å². The first-order valence-corrected chi connectivity index (χ1v) is 6.35. The second-order valence-electron chi connectivity index (χ2n) is 2.95. The molecule has 0 saturated heterocycles. The number of halogens is 2. The van der Waals surface area contributed by atoms with Crippen LogP contribution in [0.3, 0.4) is 0 Å². The van der Waals surface area contributed by atoms with Gasteiger partial charge in [-0.2, -0.15) is 0 Å². The van der Waals surface area contributed by atoms with E-state index in [1.165, 1.54) is 0 Å². The van der Waals surface area contributed by atoms with E-state index in [-0.39, 0.29) is 0 Å². The molecular formula is C11H8BrClOS. The zero-order chi connectivity index (χ0) is 10.7. The highest BCUT2D eigenvalue weighted by molar-refractivity contribution is 9.10. The van der Waals surface area contributed by atoms with Crippen LogP contribution in [-0.2, 0) is 6.61 Å². The molecular weight excluding hydrogens is 296 g/mol. The summed E-state index contributed by atoms with van der Waals surface area (Å²) in [6.07, 6.45) is 0. The number of hydrogen-bond acceptors (Lipinski definition) is 2. The van der Waals surface area contributed by atoms with E-state index in [0.717, 1.165) is 19.4 Å². The molecule has 0 N–H and O–H groups in total. The van der Waals surface area contributed by atoms with Crippen molar-refractivity contribution in [2.24, 2.45) is 0 Å². The number of hydrogen-bond donors (Lipinski definition) is 0. The van der Waals surface area contributed by atoms with Gasteiger partial charge in [-0.25, -0.2) is 0 Å². The summed E-state index contributed by atoms with van der Waals surface area (Å²) in [5.74, 6) is 0.864. The molecule has 2 rings (SSSR count). The monoisotopic (exact) mass is 302 g/mol. The molecule has 0 aliphatic heterocycles. The smallest absolute Gasteiger partial charge is 0.122 e. The van der Waals surface area contributed by atoms with E-state index in [4.69, 9.17) is 16.3 Å². The van der Waals surface area contributed by atoms with Gasteiger partial charge in [-0.15, -0.1) is 11.3 Å².